The molecule has 1 rings (SSSR count). The van der Waals surface area contributed by atoms with E-state index in [2.05, 4.69) is 19.2 Å². The van der Waals surface area contributed by atoms with Gasteiger partial charge in [-0.3, -0.25) is 4.79 Å². The number of hydrogen-bond acceptors (Lipinski definition) is 3. The summed E-state index contributed by atoms with van der Waals surface area (Å²) in [6.45, 7) is 8.36. The molecular formula is C15H30N2O2. The quantitative estimate of drug-likeness (QED) is 0.773. The van der Waals surface area contributed by atoms with Crippen LogP contribution in [-0.2, 0) is 4.79 Å². The van der Waals surface area contributed by atoms with Crippen LogP contribution in [0.3, 0.4) is 0 Å². The smallest absolute Gasteiger partial charge is 0.239 e. The fourth-order valence-electron chi connectivity index (χ4n) is 2.59. The first-order valence-corrected chi connectivity index (χ1v) is 7.71. The average molecular weight is 270 g/mol. The summed E-state index contributed by atoms with van der Waals surface area (Å²) >= 11 is 0. The summed E-state index contributed by atoms with van der Waals surface area (Å²) in [4.78, 5) is 14.2. The van der Waals surface area contributed by atoms with Crippen molar-refractivity contribution in [3.05, 3.63) is 0 Å². The zero-order chi connectivity index (χ0) is 14.3. The number of carbonyl (C=O) groups is 1. The van der Waals surface area contributed by atoms with Gasteiger partial charge in [0.15, 0.2) is 0 Å². The lowest BCUT2D eigenvalue weighted by atomic mass is 10.1. The number of nitrogens with zero attached hydrogens (tertiary/aromatic N) is 1. The van der Waals surface area contributed by atoms with E-state index in [1.807, 2.05) is 11.8 Å². The van der Waals surface area contributed by atoms with Crippen molar-refractivity contribution in [3.63, 3.8) is 0 Å². The van der Waals surface area contributed by atoms with Gasteiger partial charge >= 0.3 is 0 Å². The van der Waals surface area contributed by atoms with Crippen molar-refractivity contribution in [2.45, 2.75) is 65.0 Å². The number of carbonyl (C=O) groups excluding carboxylic acids is 1. The van der Waals surface area contributed by atoms with Crippen molar-refractivity contribution in [3.8, 4) is 0 Å². The topological polar surface area (TPSA) is 52.6 Å². The van der Waals surface area contributed by atoms with Crippen LogP contribution in [0.15, 0.2) is 0 Å². The highest BCUT2D eigenvalue weighted by molar-refractivity contribution is 5.81. The van der Waals surface area contributed by atoms with Crippen LogP contribution in [0.1, 0.15) is 52.9 Å². The van der Waals surface area contributed by atoms with E-state index >= 15 is 0 Å². The molecule has 1 saturated heterocycles. The van der Waals surface area contributed by atoms with Crippen LogP contribution < -0.4 is 5.32 Å². The predicted octanol–water partition coefficient (Wildman–Crippen LogP) is 1.77. The highest BCUT2D eigenvalue weighted by Crippen LogP contribution is 2.11. The van der Waals surface area contributed by atoms with Crippen LogP contribution in [-0.4, -0.2) is 47.7 Å². The fourth-order valence-corrected chi connectivity index (χ4v) is 2.59. The number of hydrogen-bond donors (Lipinski definition) is 2. The van der Waals surface area contributed by atoms with Gasteiger partial charge in [0.25, 0.3) is 0 Å². The Morgan fingerprint density at radius 3 is 2.26 bits per heavy atom. The monoisotopic (exact) mass is 270 g/mol. The Labute approximate surface area is 117 Å². The molecule has 1 aliphatic rings. The highest BCUT2D eigenvalue weighted by atomic mass is 16.3. The number of nitrogens with one attached hydrogen (secondary N) is 1. The Morgan fingerprint density at radius 1 is 1.16 bits per heavy atom. The first-order valence-electron chi connectivity index (χ1n) is 7.71. The average Bonchev–Trinajstić information content (AvgIpc) is 2.63. The maximum atomic E-state index is 12.3. The minimum atomic E-state index is -0.362. The fraction of sp³-hybridized carbons (Fsp3) is 0.933. The zero-order valence-electron chi connectivity index (χ0n) is 12.7. The summed E-state index contributed by atoms with van der Waals surface area (Å²) in [6.07, 6.45) is 5.12. The second kappa shape index (κ2) is 8.54. The van der Waals surface area contributed by atoms with Crippen molar-refractivity contribution in [1.29, 1.82) is 0 Å². The summed E-state index contributed by atoms with van der Waals surface area (Å²) in [6, 6.07) is -0.195. The summed E-state index contributed by atoms with van der Waals surface area (Å²) in [5.74, 6) is 0.659. The molecule has 1 heterocycles. The van der Waals surface area contributed by atoms with Gasteiger partial charge in [-0.2, -0.15) is 0 Å². The van der Waals surface area contributed by atoms with Gasteiger partial charge in [0.2, 0.25) is 5.91 Å². The third-order valence-electron chi connectivity index (χ3n) is 3.69. The number of aliphatic hydroxyl groups is 1. The first kappa shape index (κ1) is 16.4. The van der Waals surface area contributed by atoms with Crippen molar-refractivity contribution < 1.29 is 9.90 Å². The summed E-state index contributed by atoms with van der Waals surface area (Å²) in [5.41, 5.74) is 0. The van der Waals surface area contributed by atoms with Gasteiger partial charge in [0, 0.05) is 19.6 Å². The SMILES string of the molecule is CC(C)CC(O)CNC(C)C(=O)N1CCCCCC1. The minimum absolute atomic E-state index is 0.179. The number of rotatable bonds is 6. The lowest BCUT2D eigenvalue weighted by Crippen LogP contribution is -2.47. The molecular weight excluding hydrogens is 240 g/mol. The molecule has 112 valence electrons. The molecule has 0 aromatic carbocycles. The van der Waals surface area contributed by atoms with Crippen molar-refractivity contribution in [2.75, 3.05) is 19.6 Å². The van der Waals surface area contributed by atoms with E-state index in [-0.39, 0.29) is 18.1 Å². The number of aliphatic hydroxyl groups excluding tert-OH is 1. The predicted molar refractivity (Wildman–Crippen MR) is 78.0 cm³/mol. The van der Waals surface area contributed by atoms with Gasteiger partial charge in [-0.05, 0) is 32.1 Å². The molecule has 1 fully saturated rings. The molecule has 2 N–H and O–H groups in total. The maximum Gasteiger partial charge on any atom is 0.239 e. The van der Waals surface area contributed by atoms with Gasteiger partial charge in [-0.15, -0.1) is 0 Å². The normalized spacial score (nSPS) is 20.2. The Bertz CT molecular complexity index is 261. The lowest BCUT2D eigenvalue weighted by Gasteiger charge is -2.25. The first-order chi connectivity index (χ1) is 9.00. The van der Waals surface area contributed by atoms with E-state index in [4.69, 9.17) is 0 Å². The Balaban J connectivity index is 2.31. The van der Waals surface area contributed by atoms with Gasteiger partial charge in [0.1, 0.15) is 0 Å². The molecule has 1 aliphatic heterocycles. The minimum Gasteiger partial charge on any atom is -0.392 e. The maximum absolute atomic E-state index is 12.3. The molecule has 1 amide bonds. The van der Waals surface area contributed by atoms with E-state index in [1.165, 1.54) is 12.8 Å². The van der Waals surface area contributed by atoms with Gasteiger partial charge in [-0.25, -0.2) is 0 Å². The molecule has 0 saturated carbocycles. The molecule has 2 atom stereocenters. The van der Waals surface area contributed by atoms with Crippen molar-refractivity contribution in [2.24, 2.45) is 5.92 Å². The number of amides is 1. The van der Waals surface area contributed by atoms with E-state index in [0.717, 1.165) is 32.4 Å². The molecule has 0 bridgehead atoms. The molecule has 0 aliphatic carbocycles. The van der Waals surface area contributed by atoms with E-state index in [0.29, 0.717) is 12.5 Å². The third kappa shape index (κ3) is 6.39. The van der Waals surface area contributed by atoms with E-state index < -0.39 is 0 Å². The van der Waals surface area contributed by atoms with E-state index in [9.17, 15) is 9.90 Å². The second-order valence-electron chi connectivity index (χ2n) is 6.15. The molecule has 19 heavy (non-hydrogen) atoms. The molecule has 0 aromatic heterocycles. The lowest BCUT2D eigenvalue weighted by molar-refractivity contribution is -0.133. The third-order valence-corrected chi connectivity index (χ3v) is 3.69. The van der Waals surface area contributed by atoms with Crippen molar-refractivity contribution in [1.82, 2.24) is 10.2 Å². The Morgan fingerprint density at radius 2 is 1.74 bits per heavy atom. The van der Waals surface area contributed by atoms with Gasteiger partial charge in [0.05, 0.1) is 12.1 Å². The highest BCUT2D eigenvalue weighted by Gasteiger charge is 2.21. The van der Waals surface area contributed by atoms with E-state index in [1.54, 1.807) is 0 Å². The second-order valence-corrected chi connectivity index (χ2v) is 6.15. The largest absolute Gasteiger partial charge is 0.392 e. The number of likely N-dealkylation sites (tertiary alicyclic amines) is 1. The molecule has 4 heteroatoms. The molecule has 4 nitrogen and oxygen atoms in total. The van der Waals surface area contributed by atoms with Gasteiger partial charge < -0.3 is 15.3 Å². The summed E-state index contributed by atoms with van der Waals surface area (Å²) in [7, 11) is 0. The van der Waals surface area contributed by atoms with Crippen LogP contribution in [0.2, 0.25) is 0 Å². The Hall–Kier alpha value is -0.610. The van der Waals surface area contributed by atoms with Crippen LogP contribution in [0.4, 0.5) is 0 Å². The summed E-state index contributed by atoms with van der Waals surface area (Å²) < 4.78 is 0. The zero-order valence-corrected chi connectivity index (χ0v) is 12.7. The van der Waals surface area contributed by atoms with Crippen LogP contribution in [0.25, 0.3) is 0 Å². The molecule has 0 radical (unpaired) electrons. The molecule has 0 spiro atoms. The summed E-state index contributed by atoms with van der Waals surface area (Å²) in [5, 5.41) is 13.0. The van der Waals surface area contributed by atoms with Crippen LogP contribution >= 0.6 is 0 Å². The Kier molecular flexibility index (Phi) is 7.39. The molecule has 2 unspecified atom stereocenters. The van der Waals surface area contributed by atoms with Gasteiger partial charge in [-0.1, -0.05) is 26.7 Å². The van der Waals surface area contributed by atoms with Crippen LogP contribution in [0.5, 0.6) is 0 Å². The van der Waals surface area contributed by atoms with Crippen LogP contribution in [0, 0.1) is 5.92 Å². The molecule has 0 aromatic rings. The van der Waals surface area contributed by atoms with Crippen molar-refractivity contribution >= 4 is 5.91 Å². The standard InChI is InChI=1S/C15H30N2O2/c1-12(2)10-14(18)11-16-13(3)15(19)17-8-6-4-5-7-9-17/h12-14,16,18H,4-11H2,1-3H3.